The molecule has 84 valence electrons. The van der Waals surface area contributed by atoms with Gasteiger partial charge in [0, 0.05) is 17.8 Å². The second kappa shape index (κ2) is 3.96. The van der Waals surface area contributed by atoms with E-state index in [1.54, 1.807) is 10.6 Å². The van der Waals surface area contributed by atoms with Crippen molar-refractivity contribution in [1.82, 2.24) is 4.57 Å². The van der Waals surface area contributed by atoms with Gasteiger partial charge in [-0.25, -0.2) is 4.79 Å². The molecular weight excluding hydrogens is 206 g/mol. The van der Waals surface area contributed by atoms with Gasteiger partial charge in [0.25, 0.3) is 5.56 Å². The number of hydrogen-bond acceptors (Lipinski definition) is 3. The summed E-state index contributed by atoms with van der Waals surface area (Å²) in [4.78, 5) is 23.5. The predicted molar refractivity (Wildman–Crippen MR) is 60.5 cm³/mol. The highest BCUT2D eigenvalue weighted by Gasteiger charge is 2.22. The normalized spacial score (nSPS) is 13.3. The third-order valence-electron chi connectivity index (χ3n) is 2.85. The van der Waals surface area contributed by atoms with Gasteiger partial charge >= 0.3 is 5.97 Å². The van der Waals surface area contributed by atoms with Crippen molar-refractivity contribution in [3.63, 3.8) is 0 Å². The van der Waals surface area contributed by atoms with Crippen molar-refractivity contribution >= 4 is 12.0 Å². The number of methoxy groups -OCH3 is 1. The molecule has 0 radical (unpaired) electrons. The minimum Gasteiger partial charge on any atom is -0.465 e. The maximum absolute atomic E-state index is 11.9. The summed E-state index contributed by atoms with van der Waals surface area (Å²) >= 11 is 0. The Kier molecular flexibility index (Phi) is 2.64. The highest BCUT2D eigenvalue weighted by atomic mass is 16.5. The molecule has 0 aromatic carbocycles. The molecular formula is C12H13NO3. The van der Waals surface area contributed by atoms with E-state index in [1.807, 2.05) is 0 Å². The smallest absolute Gasteiger partial charge is 0.339 e. The van der Waals surface area contributed by atoms with Crippen molar-refractivity contribution in [2.45, 2.75) is 19.4 Å². The molecule has 0 amide bonds. The van der Waals surface area contributed by atoms with Gasteiger partial charge in [-0.3, -0.25) is 4.79 Å². The van der Waals surface area contributed by atoms with E-state index in [9.17, 15) is 9.59 Å². The van der Waals surface area contributed by atoms with Gasteiger partial charge in [-0.05, 0) is 18.9 Å². The predicted octanol–water partition coefficient (Wildman–Crippen LogP) is 1.22. The lowest BCUT2D eigenvalue weighted by atomic mass is 10.1. The highest BCUT2D eigenvalue weighted by Crippen LogP contribution is 2.19. The number of pyridine rings is 1. The first-order valence-electron chi connectivity index (χ1n) is 5.16. The van der Waals surface area contributed by atoms with Crippen LogP contribution in [-0.2, 0) is 17.7 Å². The van der Waals surface area contributed by atoms with Crippen LogP contribution in [0.4, 0.5) is 0 Å². The molecule has 0 bridgehead atoms. The lowest BCUT2D eigenvalue weighted by Gasteiger charge is -2.09. The van der Waals surface area contributed by atoms with Crippen molar-refractivity contribution in [3.05, 3.63) is 39.8 Å². The zero-order valence-electron chi connectivity index (χ0n) is 9.16. The van der Waals surface area contributed by atoms with Gasteiger partial charge in [0.1, 0.15) is 0 Å². The molecule has 1 aromatic heterocycles. The highest BCUT2D eigenvalue weighted by molar-refractivity contribution is 5.91. The van der Waals surface area contributed by atoms with Gasteiger partial charge in [-0.2, -0.15) is 0 Å². The fraction of sp³-hybridized carbons (Fsp3) is 0.333. The Hall–Kier alpha value is -1.84. The van der Waals surface area contributed by atoms with Gasteiger partial charge < -0.3 is 9.30 Å². The minimum atomic E-state index is -0.395. The van der Waals surface area contributed by atoms with Gasteiger partial charge in [-0.1, -0.05) is 12.7 Å². The van der Waals surface area contributed by atoms with Crippen LogP contribution in [0, 0.1) is 0 Å². The summed E-state index contributed by atoms with van der Waals surface area (Å²) in [6.45, 7) is 4.24. The standard InChI is InChI=1S/C12H13NO3/c1-3-8-7-9(12(15)16-2)10-5-4-6-13(10)11(8)14/h3,7H,1,4-6H2,2H3. The second-order valence-electron chi connectivity index (χ2n) is 3.72. The average Bonchev–Trinajstić information content (AvgIpc) is 2.78. The summed E-state index contributed by atoms with van der Waals surface area (Å²) in [5, 5.41) is 0. The van der Waals surface area contributed by atoms with E-state index in [-0.39, 0.29) is 5.56 Å². The molecule has 1 aliphatic rings. The lowest BCUT2D eigenvalue weighted by molar-refractivity contribution is 0.0598. The molecule has 0 spiro atoms. The van der Waals surface area contributed by atoms with Gasteiger partial charge in [0.15, 0.2) is 0 Å². The molecule has 2 heterocycles. The van der Waals surface area contributed by atoms with Crippen molar-refractivity contribution < 1.29 is 9.53 Å². The largest absolute Gasteiger partial charge is 0.465 e. The van der Waals surface area contributed by atoms with Crippen LogP contribution in [-0.4, -0.2) is 17.6 Å². The fourth-order valence-electron chi connectivity index (χ4n) is 2.07. The molecule has 0 saturated heterocycles. The maximum Gasteiger partial charge on any atom is 0.339 e. The van der Waals surface area contributed by atoms with Crippen LogP contribution in [0.25, 0.3) is 6.08 Å². The molecule has 4 heteroatoms. The Morgan fingerprint density at radius 2 is 2.38 bits per heavy atom. The van der Waals surface area contributed by atoms with Crippen molar-refractivity contribution in [1.29, 1.82) is 0 Å². The first-order chi connectivity index (χ1) is 7.69. The van der Waals surface area contributed by atoms with Crippen LogP contribution < -0.4 is 5.56 Å². The number of aromatic nitrogens is 1. The summed E-state index contributed by atoms with van der Waals surface area (Å²) in [7, 11) is 1.34. The Morgan fingerprint density at radius 3 is 3.00 bits per heavy atom. The molecule has 0 N–H and O–H groups in total. The third kappa shape index (κ3) is 1.46. The summed E-state index contributed by atoms with van der Waals surface area (Å²) in [6.07, 6.45) is 3.11. The van der Waals surface area contributed by atoms with Crippen LogP contribution in [0.1, 0.15) is 28.0 Å². The molecule has 2 rings (SSSR count). The first-order valence-corrected chi connectivity index (χ1v) is 5.16. The number of carbonyl (C=O) groups excluding carboxylic acids is 1. The summed E-state index contributed by atoms with van der Waals surface area (Å²) in [6, 6.07) is 1.57. The molecule has 4 nitrogen and oxygen atoms in total. The maximum atomic E-state index is 11.9. The second-order valence-corrected chi connectivity index (χ2v) is 3.72. The number of rotatable bonds is 2. The van der Waals surface area contributed by atoms with E-state index in [0.717, 1.165) is 18.5 Å². The van der Waals surface area contributed by atoms with Gasteiger partial charge in [0.05, 0.1) is 12.7 Å². The van der Waals surface area contributed by atoms with Crippen molar-refractivity contribution in [2.24, 2.45) is 0 Å². The molecule has 0 atom stereocenters. The summed E-state index contributed by atoms with van der Waals surface area (Å²) in [5.41, 5.74) is 1.64. The molecule has 1 aromatic rings. The minimum absolute atomic E-state index is 0.0739. The van der Waals surface area contributed by atoms with E-state index in [1.165, 1.54) is 13.2 Å². The van der Waals surface area contributed by atoms with Crippen molar-refractivity contribution in [3.8, 4) is 0 Å². The topological polar surface area (TPSA) is 48.3 Å². The first kappa shape index (κ1) is 10.7. The summed E-state index contributed by atoms with van der Waals surface area (Å²) in [5.74, 6) is -0.395. The Balaban J connectivity index is 2.71. The van der Waals surface area contributed by atoms with E-state index in [0.29, 0.717) is 17.7 Å². The van der Waals surface area contributed by atoms with Gasteiger partial charge in [-0.15, -0.1) is 0 Å². The number of carbonyl (C=O) groups is 1. The average molecular weight is 219 g/mol. The quantitative estimate of drug-likeness (QED) is 0.703. The fourth-order valence-corrected chi connectivity index (χ4v) is 2.07. The number of esters is 1. The van der Waals surface area contributed by atoms with Crippen LogP contribution in [0.5, 0.6) is 0 Å². The SMILES string of the molecule is C=Cc1cc(C(=O)OC)c2n(c1=O)CCC2. The van der Waals surface area contributed by atoms with Crippen LogP contribution in [0.3, 0.4) is 0 Å². The van der Waals surface area contributed by atoms with Crippen LogP contribution >= 0.6 is 0 Å². The van der Waals surface area contributed by atoms with E-state index >= 15 is 0 Å². The molecule has 0 aliphatic carbocycles. The number of ether oxygens (including phenoxy) is 1. The van der Waals surface area contributed by atoms with Crippen molar-refractivity contribution in [2.75, 3.05) is 7.11 Å². The zero-order valence-corrected chi connectivity index (χ0v) is 9.16. The Morgan fingerprint density at radius 1 is 1.62 bits per heavy atom. The Bertz CT molecular complexity index is 514. The molecule has 1 aliphatic heterocycles. The van der Waals surface area contributed by atoms with Crippen LogP contribution in [0.2, 0.25) is 0 Å². The third-order valence-corrected chi connectivity index (χ3v) is 2.85. The Labute approximate surface area is 93.2 Å². The monoisotopic (exact) mass is 219 g/mol. The number of hydrogen-bond donors (Lipinski definition) is 0. The van der Waals surface area contributed by atoms with E-state index in [2.05, 4.69) is 6.58 Å². The number of fused-ring (bicyclic) bond motifs is 1. The van der Waals surface area contributed by atoms with Gasteiger partial charge in [0.2, 0.25) is 0 Å². The van der Waals surface area contributed by atoms with E-state index in [4.69, 9.17) is 4.74 Å². The molecule has 0 fully saturated rings. The molecule has 0 unspecified atom stereocenters. The van der Waals surface area contributed by atoms with E-state index < -0.39 is 5.97 Å². The van der Waals surface area contributed by atoms with Crippen LogP contribution in [0.15, 0.2) is 17.4 Å². The zero-order chi connectivity index (χ0) is 11.7. The lowest BCUT2D eigenvalue weighted by Crippen LogP contribution is -2.24. The number of nitrogens with zero attached hydrogens (tertiary/aromatic N) is 1. The summed E-state index contributed by atoms with van der Waals surface area (Å²) < 4.78 is 6.35. The molecule has 0 saturated carbocycles. The molecule has 16 heavy (non-hydrogen) atoms.